The van der Waals surface area contributed by atoms with E-state index >= 15 is 0 Å². The Labute approximate surface area is 131 Å². The van der Waals surface area contributed by atoms with E-state index in [9.17, 15) is 8.42 Å². The first-order valence-corrected chi connectivity index (χ1v) is 8.69. The summed E-state index contributed by atoms with van der Waals surface area (Å²) in [6, 6.07) is 14.5. The summed E-state index contributed by atoms with van der Waals surface area (Å²) in [5, 5.41) is 0. The average Bonchev–Trinajstić information content (AvgIpc) is 2.54. The Balaban J connectivity index is 2.07. The van der Waals surface area contributed by atoms with Gasteiger partial charge in [0.25, 0.3) is 10.0 Å². The fourth-order valence-corrected chi connectivity index (χ4v) is 4.33. The molecule has 0 spiro atoms. The topological polar surface area (TPSA) is 46.6 Å². The number of anilines is 1. The molecule has 0 fully saturated rings. The number of sulfonamides is 1. The molecular weight excluding hydrogens is 298 g/mol. The molecule has 0 bridgehead atoms. The summed E-state index contributed by atoms with van der Waals surface area (Å²) in [5.41, 5.74) is 2.67. The lowest BCUT2D eigenvalue weighted by Crippen LogP contribution is -2.37. The second-order valence-electron chi connectivity index (χ2n) is 5.46. The minimum atomic E-state index is -3.55. The van der Waals surface area contributed by atoms with E-state index < -0.39 is 10.0 Å². The summed E-state index contributed by atoms with van der Waals surface area (Å²) < 4.78 is 32.8. The molecule has 0 N–H and O–H groups in total. The van der Waals surface area contributed by atoms with Crippen LogP contribution in [0.4, 0.5) is 5.69 Å². The van der Waals surface area contributed by atoms with Crippen LogP contribution in [0.5, 0.6) is 0 Å². The van der Waals surface area contributed by atoms with E-state index in [1.165, 1.54) is 4.31 Å². The van der Waals surface area contributed by atoms with Crippen molar-refractivity contribution in [2.45, 2.75) is 24.3 Å². The highest BCUT2D eigenvalue weighted by molar-refractivity contribution is 7.92. The molecule has 2 aromatic carbocycles. The number of hydrogen-bond donors (Lipinski definition) is 0. The predicted molar refractivity (Wildman–Crippen MR) is 86.5 cm³/mol. The number of hydrogen-bond acceptors (Lipinski definition) is 3. The average molecular weight is 317 g/mol. The molecule has 5 heteroatoms. The van der Waals surface area contributed by atoms with Crippen molar-refractivity contribution in [3.8, 4) is 0 Å². The summed E-state index contributed by atoms with van der Waals surface area (Å²) in [4.78, 5) is 0.323. The zero-order chi connectivity index (χ0) is 15.7. The zero-order valence-electron chi connectivity index (χ0n) is 12.7. The highest BCUT2D eigenvalue weighted by atomic mass is 32.2. The maximum atomic E-state index is 12.9. The Morgan fingerprint density at radius 1 is 1.09 bits per heavy atom. The van der Waals surface area contributed by atoms with Gasteiger partial charge in [0, 0.05) is 19.2 Å². The first kappa shape index (κ1) is 15.1. The second-order valence-corrected chi connectivity index (χ2v) is 7.32. The van der Waals surface area contributed by atoms with Crippen LogP contribution in [0.25, 0.3) is 0 Å². The van der Waals surface area contributed by atoms with Crippen LogP contribution in [-0.4, -0.2) is 22.1 Å². The molecule has 0 saturated carbocycles. The third kappa shape index (κ3) is 2.51. The van der Waals surface area contributed by atoms with Gasteiger partial charge in [0.1, 0.15) is 0 Å². The van der Waals surface area contributed by atoms with Gasteiger partial charge in [0.15, 0.2) is 0 Å². The number of para-hydroxylation sites is 1. The molecule has 1 unspecified atom stereocenters. The van der Waals surface area contributed by atoms with Crippen molar-refractivity contribution >= 4 is 15.7 Å². The Morgan fingerprint density at radius 3 is 2.45 bits per heavy atom. The van der Waals surface area contributed by atoms with Gasteiger partial charge in [-0.1, -0.05) is 35.9 Å². The lowest BCUT2D eigenvalue weighted by molar-refractivity contribution is 0.0951. The quantitative estimate of drug-likeness (QED) is 0.873. The van der Waals surface area contributed by atoms with Crippen molar-refractivity contribution < 1.29 is 13.2 Å². The van der Waals surface area contributed by atoms with E-state index in [2.05, 4.69) is 0 Å². The van der Waals surface area contributed by atoms with Crippen molar-refractivity contribution in [1.82, 2.24) is 0 Å². The van der Waals surface area contributed by atoms with E-state index in [0.29, 0.717) is 23.5 Å². The van der Waals surface area contributed by atoms with Gasteiger partial charge in [-0.05, 0) is 31.5 Å². The largest absolute Gasteiger partial charge is 0.377 e. The number of aryl methyl sites for hydroxylation is 1. The van der Waals surface area contributed by atoms with Crippen LogP contribution in [-0.2, 0) is 14.8 Å². The van der Waals surface area contributed by atoms with Gasteiger partial charge in [-0.15, -0.1) is 0 Å². The molecule has 116 valence electrons. The van der Waals surface area contributed by atoms with Crippen LogP contribution in [0.1, 0.15) is 23.7 Å². The molecule has 0 saturated heterocycles. The molecule has 0 amide bonds. The zero-order valence-corrected chi connectivity index (χ0v) is 13.5. The highest BCUT2D eigenvalue weighted by Gasteiger charge is 2.32. The van der Waals surface area contributed by atoms with Crippen molar-refractivity contribution in [1.29, 1.82) is 0 Å². The van der Waals surface area contributed by atoms with E-state index in [1.54, 1.807) is 19.2 Å². The van der Waals surface area contributed by atoms with E-state index in [4.69, 9.17) is 4.74 Å². The van der Waals surface area contributed by atoms with Crippen molar-refractivity contribution in [2.75, 3.05) is 18.0 Å². The molecule has 1 aliphatic heterocycles. The van der Waals surface area contributed by atoms with E-state index in [0.717, 1.165) is 11.1 Å². The molecule has 0 radical (unpaired) electrons. The van der Waals surface area contributed by atoms with Crippen LogP contribution < -0.4 is 4.31 Å². The molecule has 0 aliphatic carbocycles. The minimum absolute atomic E-state index is 0.0549. The van der Waals surface area contributed by atoms with Crippen molar-refractivity contribution in [3.05, 3.63) is 59.7 Å². The molecule has 0 aromatic heterocycles. The summed E-state index contributed by atoms with van der Waals surface area (Å²) in [5.74, 6) is 0. The van der Waals surface area contributed by atoms with Gasteiger partial charge in [-0.3, -0.25) is 4.31 Å². The lowest BCUT2D eigenvalue weighted by Gasteiger charge is -2.34. The Morgan fingerprint density at radius 2 is 1.77 bits per heavy atom. The number of nitrogens with zero attached hydrogens (tertiary/aromatic N) is 1. The number of fused-ring (bicyclic) bond motifs is 1. The maximum Gasteiger partial charge on any atom is 0.264 e. The number of benzene rings is 2. The highest BCUT2D eigenvalue weighted by Crippen LogP contribution is 2.38. The van der Waals surface area contributed by atoms with Crippen LogP contribution in [0.2, 0.25) is 0 Å². The molecule has 22 heavy (non-hydrogen) atoms. The minimum Gasteiger partial charge on any atom is -0.377 e. The predicted octanol–water partition coefficient (Wildman–Crippen LogP) is 3.28. The van der Waals surface area contributed by atoms with Gasteiger partial charge >= 0.3 is 0 Å². The van der Waals surface area contributed by atoms with Crippen LogP contribution in [0, 0.1) is 6.92 Å². The summed E-state index contributed by atoms with van der Waals surface area (Å²) in [6.07, 6.45) is 0.596. The van der Waals surface area contributed by atoms with Crippen LogP contribution in [0.15, 0.2) is 53.4 Å². The fourth-order valence-electron chi connectivity index (χ4n) is 2.83. The van der Waals surface area contributed by atoms with Crippen molar-refractivity contribution in [3.63, 3.8) is 0 Å². The van der Waals surface area contributed by atoms with Crippen molar-refractivity contribution in [2.24, 2.45) is 0 Å². The van der Waals surface area contributed by atoms with Gasteiger partial charge in [-0.25, -0.2) is 8.42 Å². The Kier molecular flexibility index (Phi) is 3.93. The molecule has 1 atom stereocenters. The number of methoxy groups -OCH3 is 1. The second kappa shape index (κ2) is 5.74. The number of ether oxygens (including phenoxy) is 1. The smallest absolute Gasteiger partial charge is 0.264 e. The van der Waals surface area contributed by atoms with Gasteiger partial charge in [0.2, 0.25) is 0 Å². The summed E-state index contributed by atoms with van der Waals surface area (Å²) in [6.45, 7) is 2.36. The molecule has 3 rings (SSSR count). The molecule has 1 aliphatic rings. The summed E-state index contributed by atoms with van der Waals surface area (Å²) in [7, 11) is -1.89. The normalized spacial score (nSPS) is 18.1. The Bertz CT molecular complexity index is 769. The maximum absolute atomic E-state index is 12.9. The lowest BCUT2D eigenvalue weighted by atomic mass is 10.0. The molecule has 2 aromatic rings. The van der Waals surface area contributed by atoms with Gasteiger partial charge in [-0.2, -0.15) is 0 Å². The van der Waals surface area contributed by atoms with Gasteiger partial charge in [0.05, 0.1) is 16.7 Å². The number of rotatable bonds is 3. The van der Waals surface area contributed by atoms with E-state index in [-0.39, 0.29) is 6.10 Å². The third-order valence-corrected chi connectivity index (χ3v) is 5.87. The van der Waals surface area contributed by atoms with Crippen LogP contribution >= 0.6 is 0 Å². The monoisotopic (exact) mass is 317 g/mol. The molecule has 1 heterocycles. The standard InChI is InChI=1S/C17H19NO3S/c1-13-7-9-14(10-8-13)22(19,20)18-12-11-17(21-2)15-5-3-4-6-16(15)18/h3-10,17H,11-12H2,1-2H3. The molecular formula is C17H19NO3S. The fraction of sp³-hybridized carbons (Fsp3) is 0.294. The first-order chi connectivity index (χ1) is 10.5. The summed E-state index contributed by atoms with van der Waals surface area (Å²) >= 11 is 0. The SMILES string of the molecule is COC1CCN(S(=O)(=O)c2ccc(C)cc2)c2ccccc21. The van der Waals surface area contributed by atoms with Crippen LogP contribution in [0.3, 0.4) is 0 Å². The third-order valence-electron chi connectivity index (χ3n) is 4.04. The van der Waals surface area contributed by atoms with Gasteiger partial charge < -0.3 is 4.74 Å². The van der Waals surface area contributed by atoms with E-state index in [1.807, 2.05) is 43.3 Å². The Hall–Kier alpha value is -1.85. The molecule has 4 nitrogen and oxygen atoms in total. The first-order valence-electron chi connectivity index (χ1n) is 7.25.